The molecule has 2 rings (SSSR count). The number of carboxylic acids is 1. The topological polar surface area (TPSA) is 66.0 Å². The van der Waals surface area contributed by atoms with Crippen LogP contribution in [-0.4, -0.2) is 21.3 Å². The van der Waals surface area contributed by atoms with Crippen molar-refractivity contribution < 1.29 is 18.7 Å². The first kappa shape index (κ1) is 10.0. The van der Waals surface area contributed by atoms with Crippen LogP contribution in [0.5, 0.6) is 0 Å². The van der Waals surface area contributed by atoms with Gasteiger partial charge in [-0.3, -0.25) is 5.10 Å². The summed E-state index contributed by atoms with van der Waals surface area (Å²) in [5.74, 6) is -4.21. The molecule has 0 fully saturated rings. The van der Waals surface area contributed by atoms with Gasteiger partial charge in [-0.1, -0.05) is 0 Å². The third-order valence-corrected chi connectivity index (χ3v) is 2.52. The quantitative estimate of drug-likeness (QED) is 0.840. The van der Waals surface area contributed by atoms with E-state index in [4.69, 9.17) is 5.11 Å². The molecule has 0 aliphatic carbocycles. The Kier molecular flexibility index (Phi) is 2.18. The Labute approximate surface area is 90.0 Å². The average molecular weight is 277 g/mol. The van der Waals surface area contributed by atoms with Crippen molar-refractivity contribution in [1.82, 2.24) is 10.2 Å². The molecule has 0 radical (unpaired) electrons. The molecule has 7 heteroatoms. The molecule has 0 spiro atoms. The number of carboxylic acid groups (broad SMARTS) is 1. The number of nitrogens with one attached hydrogen (secondary N) is 1. The fourth-order valence-corrected chi connectivity index (χ4v) is 1.60. The molecule has 1 aromatic carbocycles. The molecule has 1 heterocycles. The van der Waals surface area contributed by atoms with Crippen molar-refractivity contribution in [1.29, 1.82) is 0 Å². The predicted octanol–water partition coefficient (Wildman–Crippen LogP) is 2.30. The van der Waals surface area contributed by atoms with Gasteiger partial charge in [-0.05, 0) is 22.0 Å². The standard InChI is InChI=1S/C8H3BrF2N2O2/c9-7-3-1-2(8(14)15)4(10)5(11)6(3)12-13-7/h1H,(H,12,13)(H,14,15). The summed E-state index contributed by atoms with van der Waals surface area (Å²) in [5, 5.41) is 14.7. The van der Waals surface area contributed by atoms with E-state index in [2.05, 4.69) is 26.1 Å². The van der Waals surface area contributed by atoms with Crippen molar-refractivity contribution in [3.8, 4) is 0 Å². The van der Waals surface area contributed by atoms with Crippen molar-refractivity contribution in [2.75, 3.05) is 0 Å². The Balaban J connectivity index is 2.91. The van der Waals surface area contributed by atoms with Gasteiger partial charge in [0.25, 0.3) is 0 Å². The molecule has 0 amide bonds. The lowest BCUT2D eigenvalue weighted by Gasteiger charge is -1.99. The minimum atomic E-state index is -1.53. The number of fused-ring (bicyclic) bond motifs is 1. The maximum absolute atomic E-state index is 13.3. The van der Waals surface area contributed by atoms with Gasteiger partial charge in [0.15, 0.2) is 11.6 Å². The average Bonchev–Trinajstić information content (AvgIpc) is 2.53. The van der Waals surface area contributed by atoms with Crippen LogP contribution in [0.25, 0.3) is 10.9 Å². The third-order valence-electron chi connectivity index (χ3n) is 1.91. The summed E-state index contributed by atoms with van der Waals surface area (Å²) in [6.45, 7) is 0. The number of benzene rings is 1. The third kappa shape index (κ3) is 1.39. The van der Waals surface area contributed by atoms with E-state index in [0.717, 1.165) is 6.07 Å². The van der Waals surface area contributed by atoms with E-state index in [1.54, 1.807) is 0 Å². The van der Waals surface area contributed by atoms with Crippen LogP contribution in [0, 0.1) is 11.6 Å². The Morgan fingerprint density at radius 3 is 2.73 bits per heavy atom. The van der Waals surface area contributed by atoms with Gasteiger partial charge in [0.05, 0.1) is 5.56 Å². The van der Waals surface area contributed by atoms with Crippen LogP contribution in [0.1, 0.15) is 10.4 Å². The van der Waals surface area contributed by atoms with Crippen molar-refractivity contribution >= 4 is 32.8 Å². The maximum Gasteiger partial charge on any atom is 0.338 e. The first-order valence-electron chi connectivity index (χ1n) is 3.77. The van der Waals surface area contributed by atoms with Crippen LogP contribution >= 0.6 is 15.9 Å². The molecule has 15 heavy (non-hydrogen) atoms. The molecule has 1 aromatic heterocycles. The van der Waals surface area contributed by atoms with Crippen molar-refractivity contribution in [3.05, 3.63) is 27.9 Å². The maximum atomic E-state index is 13.3. The molecular formula is C8H3BrF2N2O2. The summed E-state index contributed by atoms with van der Waals surface area (Å²) < 4.78 is 26.8. The first-order chi connectivity index (χ1) is 7.02. The number of nitrogens with zero attached hydrogens (tertiary/aromatic N) is 1. The van der Waals surface area contributed by atoms with E-state index in [9.17, 15) is 13.6 Å². The molecule has 0 unspecified atom stereocenters. The van der Waals surface area contributed by atoms with Gasteiger partial charge in [0, 0.05) is 5.39 Å². The van der Waals surface area contributed by atoms with Gasteiger partial charge in [0.1, 0.15) is 10.1 Å². The Morgan fingerprint density at radius 2 is 2.13 bits per heavy atom. The molecule has 0 saturated heterocycles. The van der Waals surface area contributed by atoms with Crippen molar-refractivity contribution in [3.63, 3.8) is 0 Å². The zero-order valence-corrected chi connectivity index (χ0v) is 8.60. The van der Waals surface area contributed by atoms with Crippen LogP contribution in [0.15, 0.2) is 10.7 Å². The number of carbonyl (C=O) groups is 1. The summed E-state index contributed by atoms with van der Waals surface area (Å²) in [6, 6.07) is 1.02. The highest BCUT2D eigenvalue weighted by Gasteiger charge is 2.21. The van der Waals surface area contributed by atoms with E-state index in [-0.39, 0.29) is 10.9 Å². The molecule has 0 bridgehead atoms. The normalized spacial score (nSPS) is 10.9. The molecule has 0 atom stereocenters. The molecule has 0 aliphatic rings. The van der Waals surface area contributed by atoms with Gasteiger partial charge in [-0.25, -0.2) is 13.6 Å². The molecule has 4 nitrogen and oxygen atoms in total. The first-order valence-corrected chi connectivity index (χ1v) is 4.56. The number of rotatable bonds is 1. The van der Waals surface area contributed by atoms with E-state index in [1.807, 2.05) is 0 Å². The van der Waals surface area contributed by atoms with Gasteiger partial charge in [-0.2, -0.15) is 5.10 Å². The van der Waals surface area contributed by atoms with Crippen molar-refractivity contribution in [2.45, 2.75) is 0 Å². The number of halogens is 3. The van der Waals surface area contributed by atoms with Gasteiger partial charge < -0.3 is 5.11 Å². The highest BCUT2D eigenvalue weighted by atomic mass is 79.9. The van der Waals surface area contributed by atoms with Gasteiger partial charge in [-0.15, -0.1) is 0 Å². The Bertz CT molecular complexity index is 567. The van der Waals surface area contributed by atoms with E-state index < -0.39 is 23.2 Å². The van der Waals surface area contributed by atoms with Gasteiger partial charge in [0.2, 0.25) is 0 Å². The fraction of sp³-hybridized carbons (Fsp3) is 0. The lowest BCUT2D eigenvalue weighted by atomic mass is 10.1. The number of H-pyrrole nitrogens is 1. The minimum Gasteiger partial charge on any atom is -0.478 e. The molecule has 0 saturated carbocycles. The van der Waals surface area contributed by atoms with Crippen LogP contribution in [0.2, 0.25) is 0 Å². The Hall–Kier alpha value is -1.50. The monoisotopic (exact) mass is 276 g/mol. The van der Waals surface area contributed by atoms with E-state index >= 15 is 0 Å². The number of aromatic carboxylic acids is 1. The van der Waals surface area contributed by atoms with Crippen LogP contribution in [0.4, 0.5) is 8.78 Å². The number of hydrogen-bond donors (Lipinski definition) is 2. The lowest BCUT2D eigenvalue weighted by molar-refractivity contribution is 0.0691. The summed E-state index contributed by atoms with van der Waals surface area (Å²) >= 11 is 3.01. The summed E-state index contributed by atoms with van der Waals surface area (Å²) in [7, 11) is 0. The highest BCUT2D eigenvalue weighted by molar-refractivity contribution is 9.10. The van der Waals surface area contributed by atoms with Crippen LogP contribution in [0.3, 0.4) is 0 Å². The minimum absolute atomic E-state index is 0.186. The number of aromatic amines is 1. The van der Waals surface area contributed by atoms with Crippen molar-refractivity contribution in [2.24, 2.45) is 0 Å². The lowest BCUT2D eigenvalue weighted by Crippen LogP contribution is -2.03. The molecule has 2 N–H and O–H groups in total. The second kappa shape index (κ2) is 3.27. The molecule has 0 aliphatic heterocycles. The second-order valence-electron chi connectivity index (χ2n) is 2.79. The summed E-state index contributed by atoms with van der Waals surface area (Å²) in [4.78, 5) is 10.6. The number of aromatic nitrogens is 2. The highest BCUT2D eigenvalue weighted by Crippen LogP contribution is 2.27. The van der Waals surface area contributed by atoms with Gasteiger partial charge >= 0.3 is 5.97 Å². The van der Waals surface area contributed by atoms with Crippen LogP contribution < -0.4 is 0 Å². The second-order valence-corrected chi connectivity index (χ2v) is 3.58. The molecule has 2 aromatic rings. The smallest absolute Gasteiger partial charge is 0.338 e. The predicted molar refractivity (Wildman–Crippen MR) is 50.7 cm³/mol. The fourth-order valence-electron chi connectivity index (χ4n) is 1.21. The zero-order valence-electron chi connectivity index (χ0n) is 7.01. The summed E-state index contributed by atoms with van der Waals surface area (Å²) in [6.07, 6.45) is 0. The molecular weight excluding hydrogens is 274 g/mol. The summed E-state index contributed by atoms with van der Waals surface area (Å²) in [5.41, 5.74) is -0.952. The molecule has 78 valence electrons. The largest absolute Gasteiger partial charge is 0.478 e. The zero-order chi connectivity index (χ0) is 11.2. The SMILES string of the molecule is O=C(O)c1cc2c(Br)[nH]nc2c(F)c1F. The van der Waals surface area contributed by atoms with E-state index in [0.29, 0.717) is 4.60 Å². The van der Waals surface area contributed by atoms with Crippen LogP contribution in [-0.2, 0) is 0 Å². The Morgan fingerprint density at radius 1 is 1.47 bits per heavy atom. The van der Waals surface area contributed by atoms with E-state index in [1.165, 1.54) is 0 Å². The number of hydrogen-bond acceptors (Lipinski definition) is 2.